The zero-order valence-electron chi connectivity index (χ0n) is 14.4. The number of nitrogens with one attached hydrogen (secondary N) is 1. The first kappa shape index (κ1) is 20.2. The molecule has 3 aromatic carbocycles. The zero-order chi connectivity index (χ0) is 19.3. The highest BCUT2D eigenvalue weighted by Crippen LogP contribution is 2.54. The van der Waals surface area contributed by atoms with Gasteiger partial charge < -0.3 is 5.32 Å². The fraction of sp³-hybridized carbons (Fsp3) is 0.0952. The van der Waals surface area contributed by atoms with Gasteiger partial charge in [0.25, 0.3) is 9.70 Å². The molecule has 0 aromatic heterocycles. The van der Waals surface area contributed by atoms with E-state index in [1.807, 2.05) is 54.6 Å². The first-order chi connectivity index (χ1) is 12.9. The van der Waals surface area contributed by atoms with Crippen LogP contribution in [0.5, 0.6) is 0 Å². The SMILES string of the molecule is O=C(NC[P+](c1ccccc1)(c1ccccc1)c1ccccc1)C(Cl)(Cl)Cl. The van der Waals surface area contributed by atoms with Gasteiger partial charge in [-0.2, -0.15) is 0 Å². The van der Waals surface area contributed by atoms with E-state index in [-0.39, 0.29) is 0 Å². The lowest BCUT2D eigenvalue weighted by molar-refractivity contribution is -0.119. The molecule has 0 bridgehead atoms. The molecule has 0 spiro atoms. The van der Waals surface area contributed by atoms with Gasteiger partial charge in [-0.25, -0.2) is 0 Å². The highest BCUT2D eigenvalue weighted by molar-refractivity contribution is 7.95. The summed E-state index contributed by atoms with van der Waals surface area (Å²) in [5.74, 6) is -0.625. The highest BCUT2D eigenvalue weighted by Gasteiger charge is 2.46. The highest BCUT2D eigenvalue weighted by atomic mass is 35.6. The van der Waals surface area contributed by atoms with Crippen LogP contribution >= 0.6 is 42.1 Å². The van der Waals surface area contributed by atoms with Crippen molar-refractivity contribution in [3.63, 3.8) is 0 Å². The maximum absolute atomic E-state index is 12.3. The van der Waals surface area contributed by atoms with Gasteiger partial charge in [0, 0.05) is 0 Å². The molecule has 0 atom stereocenters. The largest absolute Gasteiger partial charge is 0.319 e. The fourth-order valence-electron chi connectivity index (χ4n) is 3.06. The van der Waals surface area contributed by atoms with E-state index in [1.54, 1.807) is 0 Å². The predicted octanol–water partition coefficient (Wildman–Crippen LogP) is 4.42. The molecule has 0 aliphatic rings. The Morgan fingerprint density at radius 3 is 1.33 bits per heavy atom. The van der Waals surface area contributed by atoms with Crippen molar-refractivity contribution in [3.8, 4) is 0 Å². The number of rotatable bonds is 5. The predicted molar refractivity (Wildman–Crippen MR) is 118 cm³/mol. The molecule has 1 amide bonds. The third-order valence-corrected chi connectivity index (χ3v) is 9.01. The molecular formula is C21H18Cl3NOP+. The standard InChI is InChI=1S/C21H17Cl3NOP/c22-21(23,24)20(26)25-16-27(17-10-4-1-5-11-17,18-12-6-2-7-13-18)19-14-8-3-9-15-19/h1-15H,16H2/p+1. The Labute approximate surface area is 174 Å². The Morgan fingerprint density at radius 1 is 0.704 bits per heavy atom. The minimum atomic E-state index is -2.18. The molecule has 3 rings (SSSR count). The van der Waals surface area contributed by atoms with E-state index in [0.29, 0.717) is 6.29 Å². The summed E-state index contributed by atoms with van der Waals surface area (Å²) in [6.45, 7) is 0. The van der Waals surface area contributed by atoms with Gasteiger partial charge in [-0.3, -0.25) is 4.79 Å². The molecule has 6 heteroatoms. The molecule has 0 radical (unpaired) electrons. The molecule has 0 aliphatic carbocycles. The third kappa shape index (κ3) is 4.47. The number of amides is 1. The second-order valence-electron chi connectivity index (χ2n) is 5.98. The van der Waals surface area contributed by atoms with Crippen LogP contribution in [0.25, 0.3) is 0 Å². The van der Waals surface area contributed by atoms with Crippen molar-refractivity contribution in [1.29, 1.82) is 0 Å². The first-order valence-corrected chi connectivity index (χ1v) is 11.5. The van der Waals surface area contributed by atoms with E-state index in [2.05, 4.69) is 41.7 Å². The number of halogens is 3. The fourth-order valence-corrected chi connectivity index (χ4v) is 7.13. The summed E-state index contributed by atoms with van der Waals surface area (Å²) in [6, 6.07) is 30.5. The average molecular weight is 438 g/mol. The molecule has 1 N–H and O–H groups in total. The average Bonchev–Trinajstić information content (AvgIpc) is 2.70. The van der Waals surface area contributed by atoms with Crippen LogP contribution < -0.4 is 21.2 Å². The maximum atomic E-state index is 12.3. The van der Waals surface area contributed by atoms with E-state index < -0.39 is 17.0 Å². The van der Waals surface area contributed by atoms with Crippen molar-refractivity contribution < 1.29 is 4.79 Å². The lowest BCUT2D eigenvalue weighted by Gasteiger charge is -2.28. The van der Waals surface area contributed by atoms with Crippen molar-refractivity contribution in [1.82, 2.24) is 5.32 Å². The smallest absolute Gasteiger partial charge is 0.274 e. The van der Waals surface area contributed by atoms with Crippen LogP contribution in [-0.2, 0) is 4.79 Å². The molecule has 138 valence electrons. The molecule has 0 fully saturated rings. The van der Waals surface area contributed by atoms with Gasteiger partial charge >= 0.3 is 0 Å². The van der Waals surface area contributed by atoms with Gasteiger partial charge in [-0.15, -0.1) is 0 Å². The number of carbonyl (C=O) groups is 1. The normalized spacial score (nSPS) is 11.8. The second-order valence-corrected chi connectivity index (χ2v) is 11.7. The number of carbonyl (C=O) groups excluding carboxylic acids is 1. The van der Waals surface area contributed by atoms with Crippen LogP contribution in [0.3, 0.4) is 0 Å². The van der Waals surface area contributed by atoms with Gasteiger partial charge in [0.2, 0.25) is 0 Å². The topological polar surface area (TPSA) is 29.1 Å². The summed E-state index contributed by atoms with van der Waals surface area (Å²) in [6.07, 6.45) is 0.359. The number of hydrogen-bond acceptors (Lipinski definition) is 1. The summed E-state index contributed by atoms with van der Waals surface area (Å²) in [5, 5.41) is 6.31. The van der Waals surface area contributed by atoms with Crippen LogP contribution in [0, 0.1) is 0 Å². The lowest BCUT2D eigenvalue weighted by Crippen LogP contribution is -2.43. The Hall–Kier alpha value is -1.57. The number of benzene rings is 3. The summed E-state index contributed by atoms with van der Waals surface area (Å²) < 4.78 is -2.00. The molecule has 2 nitrogen and oxygen atoms in total. The third-order valence-electron chi connectivity index (χ3n) is 4.33. The maximum Gasteiger partial charge on any atom is 0.274 e. The van der Waals surface area contributed by atoms with Crippen LogP contribution in [0.4, 0.5) is 0 Å². The zero-order valence-corrected chi connectivity index (χ0v) is 17.5. The van der Waals surface area contributed by atoms with Gasteiger partial charge in [-0.1, -0.05) is 89.4 Å². The van der Waals surface area contributed by atoms with Crippen LogP contribution in [0.2, 0.25) is 0 Å². The van der Waals surface area contributed by atoms with E-state index in [1.165, 1.54) is 0 Å². The van der Waals surface area contributed by atoms with E-state index in [0.717, 1.165) is 15.9 Å². The summed E-state index contributed by atoms with van der Waals surface area (Å²) in [5.41, 5.74) is 0. The molecule has 0 aliphatic heterocycles. The minimum absolute atomic E-state index is 0.359. The van der Waals surface area contributed by atoms with Crippen LogP contribution in [0.15, 0.2) is 91.0 Å². The summed E-state index contributed by atoms with van der Waals surface area (Å²) in [4.78, 5) is 12.3. The van der Waals surface area contributed by atoms with E-state index in [4.69, 9.17) is 34.8 Å². The second kappa shape index (κ2) is 8.63. The quantitative estimate of drug-likeness (QED) is 0.464. The van der Waals surface area contributed by atoms with Gasteiger partial charge in [-0.05, 0) is 36.4 Å². The first-order valence-electron chi connectivity index (χ1n) is 8.34. The van der Waals surface area contributed by atoms with Crippen LogP contribution in [0.1, 0.15) is 0 Å². The van der Waals surface area contributed by atoms with Crippen molar-refractivity contribution in [3.05, 3.63) is 91.0 Å². The van der Waals surface area contributed by atoms with Gasteiger partial charge in [0.1, 0.15) is 29.5 Å². The molecule has 0 heterocycles. The Bertz CT molecular complexity index is 787. The number of hydrogen-bond donors (Lipinski definition) is 1. The molecular weight excluding hydrogens is 420 g/mol. The van der Waals surface area contributed by atoms with Crippen molar-refractivity contribution in [2.45, 2.75) is 3.79 Å². The van der Waals surface area contributed by atoms with Crippen molar-refractivity contribution >= 4 is 63.9 Å². The minimum Gasteiger partial charge on any atom is -0.319 e. The number of alkyl halides is 3. The van der Waals surface area contributed by atoms with Gasteiger partial charge in [0.15, 0.2) is 0 Å². The van der Waals surface area contributed by atoms with Crippen molar-refractivity contribution in [2.75, 3.05) is 6.29 Å². The summed E-state index contributed by atoms with van der Waals surface area (Å²) in [7, 11) is -2.18. The Balaban J connectivity index is 2.18. The molecule has 0 saturated heterocycles. The lowest BCUT2D eigenvalue weighted by atomic mass is 10.4. The molecule has 27 heavy (non-hydrogen) atoms. The molecule has 0 saturated carbocycles. The van der Waals surface area contributed by atoms with E-state index >= 15 is 0 Å². The Morgan fingerprint density at radius 2 is 1.04 bits per heavy atom. The van der Waals surface area contributed by atoms with E-state index in [9.17, 15) is 4.79 Å². The molecule has 0 unspecified atom stereocenters. The van der Waals surface area contributed by atoms with Gasteiger partial charge in [0.05, 0.1) is 0 Å². The Kier molecular flexibility index (Phi) is 6.44. The van der Waals surface area contributed by atoms with Crippen molar-refractivity contribution in [2.24, 2.45) is 0 Å². The monoisotopic (exact) mass is 436 g/mol. The van der Waals surface area contributed by atoms with Crippen LogP contribution in [-0.4, -0.2) is 16.0 Å². The summed E-state index contributed by atoms with van der Waals surface area (Å²) >= 11 is 17.3. The molecule has 3 aromatic rings.